The molecule has 0 fully saturated rings. The van der Waals surface area contributed by atoms with Crippen LogP contribution in [0, 0.1) is 0 Å². The zero-order chi connectivity index (χ0) is 26.7. The van der Waals surface area contributed by atoms with E-state index in [-0.39, 0.29) is 29.1 Å². The highest BCUT2D eigenvalue weighted by atomic mass is 19.4. The van der Waals surface area contributed by atoms with Crippen LogP contribution in [0.15, 0.2) is 66.3 Å². The Hall–Kier alpha value is -3.63. The van der Waals surface area contributed by atoms with Crippen molar-refractivity contribution in [1.82, 2.24) is 0 Å². The van der Waals surface area contributed by atoms with Crippen LogP contribution < -0.4 is 9.62 Å². The van der Waals surface area contributed by atoms with Crippen LogP contribution in [-0.4, -0.2) is 41.5 Å². The zero-order valence-corrected chi connectivity index (χ0v) is 19.6. The molecule has 0 aliphatic carbocycles. The number of aliphatic hydroxyl groups is 2. The van der Waals surface area contributed by atoms with Gasteiger partial charge in [0, 0.05) is 12.5 Å². The predicted molar refractivity (Wildman–Crippen MR) is 125 cm³/mol. The average molecular weight is 508 g/mol. The molecule has 0 saturated carbocycles. The minimum atomic E-state index is -4.16. The molecular formula is C26H27F3O7. The van der Waals surface area contributed by atoms with Gasteiger partial charge in [-0.3, -0.25) is 4.89 Å². The van der Waals surface area contributed by atoms with E-state index in [9.17, 15) is 27.9 Å². The van der Waals surface area contributed by atoms with Gasteiger partial charge in [0.25, 0.3) is 0 Å². The number of carbonyl (C=O) groups is 2. The Bertz CT molecular complexity index is 1090. The number of aryl methyl sites for hydroxylation is 1. The first-order valence-corrected chi connectivity index (χ1v) is 11.0. The van der Waals surface area contributed by atoms with Gasteiger partial charge in [0.05, 0.1) is 24.4 Å². The number of halogens is 3. The van der Waals surface area contributed by atoms with E-state index in [1.807, 2.05) is 0 Å². The molecule has 2 aromatic rings. The summed E-state index contributed by atoms with van der Waals surface area (Å²) in [4.78, 5) is 33.8. The van der Waals surface area contributed by atoms with Gasteiger partial charge in [-0.15, -0.1) is 0 Å². The first kappa shape index (κ1) is 28.6. The third-order valence-electron chi connectivity index (χ3n) is 5.03. The summed E-state index contributed by atoms with van der Waals surface area (Å²) < 4.78 is 42.1. The van der Waals surface area contributed by atoms with Crippen LogP contribution in [0.3, 0.4) is 0 Å². The summed E-state index contributed by atoms with van der Waals surface area (Å²) in [5.41, 5.74) is 1.83. The second-order valence-electron chi connectivity index (χ2n) is 7.79. The molecular weight excluding hydrogens is 481 g/mol. The summed E-state index contributed by atoms with van der Waals surface area (Å²) in [6.07, 6.45) is -2.70. The monoisotopic (exact) mass is 508 g/mol. The number of carbonyl (C=O) groups excluding carboxylic acids is 2. The highest BCUT2D eigenvalue weighted by molar-refractivity contribution is 5.90. The Balaban J connectivity index is 2.22. The second-order valence-corrected chi connectivity index (χ2v) is 7.79. The maximum absolute atomic E-state index is 12.3. The minimum absolute atomic E-state index is 0.00267. The van der Waals surface area contributed by atoms with Crippen molar-refractivity contribution in [1.29, 1.82) is 0 Å². The molecule has 36 heavy (non-hydrogen) atoms. The Labute approximate surface area is 206 Å². The molecule has 0 atom stereocenters. The summed E-state index contributed by atoms with van der Waals surface area (Å²) in [5, 5.41) is 18.3. The Morgan fingerprint density at radius 3 is 2.19 bits per heavy atom. The van der Waals surface area contributed by atoms with Gasteiger partial charge in [-0.1, -0.05) is 36.9 Å². The quantitative estimate of drug-likeness (QED) is 0.105. The van der Waals surface area contributed by atoms with Crippen molar-refractivity contribution in [2.24, 2.45) is 0 Å². The second kappa shape index (κ2) is 13.5. The molecule has 0 bridgehead atoms. The van der Waals surface area contributed by atoms with Crippen molar-refractivity contribution < 1.29 is 47.5 Å². The van der Waals surface area contributed by atoms with E-state index in [1.165, 1.54) is 24.3 Å². The molecule has 0 aliphatic rings. The number of esters is 1. The van der Waals surface area contributed by atoms with Gasteiger partial charge in [-0.25, -0.2) is 14.5 Å². The van der Waals surface area contributed by atoms with Crippen molar-refractivity contribution in [3.63, 3.8) is 0 Å². The molecule has 2 rings (SSSR count). The number of aliphatic hydroxyl groups excluding tert-OH is 2. The van der Waals surface area contributed by atoms with E-state index in [0.29, 0.717) is 24.0 Å². The summed E-state index contributed by atoms with van der Waals surface area (Å²) in [6.45, 7) is 3.80. The summed E-state index contributed by atoms with van der Waals surface area (Å²) in [5.74, 6) is -1.76. The van der Waals surface area contributed by atoms with Gasteiger partial charge in [-0.2, -0.15) is 13.2 Å². The van der Waals surface area contributed by atoms with Crippen LogP contribution in [-0.2, 0) is 20.9 Å². The van der Waals surface area contributed by atoms with Crippen LogP contribution in [0.5, 0.6) is 11.5 Å². The van der Waals surface area contributed by atoms with Crippen LogP contribution in [0.4, 0.5) is 13.2 Å². The van der Waals surface area contributed by atoms with Gasteiger partial charge in [-0.05, 0) is 55.0 Å². The van der Waals surface area contributed by atoms with Crippen LogP contribution in [0.2, 0.25) is 0 Å². The summed E-state index contributed by atoms with van der Waals surface area (Å²) in [6, 6.07) is 11.3. The Morgan fingerprint density at radius 2 is 1.61 bits per heavy atom. The number of hydrogen-bond acceptors (Lipinski definition) is 7. The third-order valence-corrected chi connectivity index (χ3v) is 5.03. The van der Waals surface area contributed by atoms with Crippen LogP contribution in [0.1, 0.15) is 31.7 Å². The van der Waals surface area contributed by atoms with E-state index < -0.39 is 37.7 Å². The summed E-state index contributed by atoms with van der Waals surface area (Å²) in [7, 11) is 0. The third kappa shape index (κ3) is 9.20. The number of alkyl halides is 3. The molecule has 0 saturated heterocycles. The molecule has 0 aliphatic heterocycles. The lowest BCUT2D eigenvalue weighted by Gasteiger charge is -2.12. The van der Waals surface area contributed by atoms with E-state index in [2.05, 4.69) is 6.58 Å². The fraction of sp³-hybridized carbons (Fsp3) is 0.308. The Morgan fingerprint density at radius 1 is 0.944 bits per heavy atom. The lowest BCUT2D eigenvalue weighted by molar-refractivity contribution is -0.209. The highest BCUT2D eigenvalue weighted by Gasteiger charge is 2.25. The van der Waals surface area contributed by atoms with Crippen molar-refractivity contribution >= 4 is 11.9 Å². The topological polar surface area (TPSA) is 102 Å². The van der Waals surface area contributed by atoms with Crippen molar-refractivity contribution in [2.45, 2.75) is 38.8 Å². The van der Waals surface area contributed by atoms with E-state index >= 15 is 0 Å². The van der Waals surface area contributed by atoms with Crippen molar-refractivity contribution in [2.75, 3.05) is 13.2 Å². The minimum Gasteiger partial charge on any atom is -0.423 e. The van der Waals surface area contributed by atoms with E-state index in [1.54, 1.807) is 31.2 Å². The molecule has 0 aromatic heterocycles. The smallest absolute Gasteiger partial charge is 0.389 e. The number of rotatable bonds is 12. The summed E-state index contributed by atoms with van der Waals surface area (Å²) >= 11 is 0. The molecule has 0 unspecified atom stereocenters. The van der Waals surface area contributed by atoms with Gasteiger partial charge >= 0.3 is 18.1 Å². The zero-order valence-electron chi connectivity index (χ0n) is 19.6. The first-order valence-electron chi connectivity index (χ1n) is 11.0. The molecule has 10 heteroatoms. The number of ether oxygens (including phenoxy) is 1. The molecule has 7 nitrogen and oxygen atoms in total. The average Bonchev–Trinajstić information content (AvgIpc) is 2.85. The Kier molecular flexibility index (Phi) is 10.7. The number of hydrogen-bond donors (Lipinski definition) is 2. The normalized spacial score (nSPS) is 11.7. The van der Waals surface area contributed by atoms with Crippen molar-refractivity contribution in [3.8, 4) is 22.6 Å². The van der Waals surface area contributed by atoms with E-state index in [4.69, 9.17) is 19.6 Å². The molecule has 194 valence electrons. The number of allylic oxidation sites excluding steroid dienone is 1. The lowest BCUT2D eigenvalue weighted by atomic mass is 10.0. The van der Waals surface area contributed by atoms with Crippen molar-refractivity contribution in [3.05, 3.63) is 71.8 Å². The fourth-order valence-corrected chi connectivity index (χ4v) is 3.02. The van der Waals surface area contributed by atoms with Gasteiger partial charge in [0.1, 0.15) is 5.75 Å². The molecule has 2 aromatic carbocycles. The van der Waals surface area contributed by atoms with Gasteiger partial charge in [0.2, 0.25) is 0 Å². The highest BCUT2D eigenvalue weighted by Crippen LogP contribution is 2.31. The molecule has 0 radical (unpaired) electrons. The first-order chi connectivity index (χ1) is 17.1. The maximum Gasteiger partial charge on any atom is 0.389 e. The number of unbranched alkanes of at least 4 members (excludes halogenated alkanes) is 1. The molecule has 0 amide bonds. The lowest BCUT2D eigenvalue weighted by Crippen LogP contribution is -2.14. The molecule has 0 heterocycles. The standard InChI is InChI=1S/C26H27F3O7/c1-3-19(16-31)25(33)36-35-23-13-21(12-22(14-23)34-24(32)17(2)15-30)20-9-7-18(8-10-20)6-4-5-11-26(27,28)29/h3,7-10,12-14,30-31H,2,4-6,11,15-16H2,1H3/b19-3+. The molecule has 2 N–H and O–H groups in total. The maximum atomic E-state index is 12.3. The van der Waals surface area contributed by atoms with E-state index in [0.717, 1.165) is 5.56 Å². The number of benzene rings is 2. The molecule has 0 spiro atoms. The predicted octanol–water partition coefficient (Wildman–Crippen LogP) is 4.86. The SMILES string of the molecule is C=C(CO)C(=O)Oc1cc(OOC(=O)/C(=C/C)CO)cc(-c2ccc(CCCCC(F)(F)F)cc2)c1. The van der Waals surface area contributed by atoms with Gasteiger partial charge < -0.3 is 14.9 Å². The fourth-order valence-electron chi connectivity index (χ4n) is 3.02. The largest absolute Gasteiger partial charge is 0.423 e. The van der Waals surface area contributed by atoms with Crippen LogP contribution >= 0.6 is 0 Å². The van der Waals surface area contributed by atoms with Crippen LogP contribution in [0.25, 0.3) is 11.1 Å². The van der Waals surface area contributed by atoms with Gasteiger partial charge in [0.15, 0.2) is 5.75 Å².